The normalized spacial score (nSPS) is 11.5. The number of carbonyl (C=O) groups excluding carboxylic acids is 2. The Kier molecular flexibility index (Phi) is 4.71. The molecule has 0 aliphatic carbocycles. The smallest absolute Gasteiger partial charge is 0.337 e. The third-order valence-corrected chi connectivity index (χ3v) is 2.55. The number of benzene rings is 1. The van der Waals surface area contributed by atoms with Gasteiger partial charge in [0.2, 0.25) is 5.91 Å². The van der Waals surface area contributed by atoms with E-state index in [2.05, 4.69) is 10.6 Å². The maximum absolute atomic E-state index is 11.7. The van der Waals surface area contributed by atoms with Gasteiger partial charge in [-0.15, -0.1) is 0 Å². The van der Waals surface area contributed by atoms with Crippen LogP contribution < -0.4 is 16.4 Å². The molecule has 1 aromatic rings. The van der Waals surface area contributed by atoms with E-state index >= 15 is 0 Å². The van der Waals surface area contributed by atoms with E-state index in [0.29, 0.717) is 0 Å². The number of carboxylic acids is 1. The maximum atomic E-state index is 11.7. The average molecular weight is 286 g/mol. The largest absolute Gasteiger partial charge is 0.478 e. The molecule has 0 spiro atoms. The first kappa shape index (κ1) is 14.8. The molecule has 3 amide bonds. The number of hydrogen-bond donors (Lipinski definition) is 4. The first-order chi connectivity index (χ1) is 8.81. The number of amides is 3. The molecule has 0 fully saturated rings. The Labute approximate surface area is 113 Å². The second-order valence-corrected chi connectivity index (χ2v) is 4.13. The highest BCUT2D eigenvalue weighted by atomic mass is 35.5. The van der Waals surface area contributed by atoms with Gasteiger partial charge >= 0.3 is 12.0 Å². The minimum Gasteiger partial charge on any atom is -0.478 e. The number of urea groups is 1. The van der Waals surface area contributed by atoms with Crippen molar-refractivity contribution in [3.8, 4) is 0 Å². The van der Waals surface area contributed by atoms with Gasteiger partial charge in [-0.2, -0.15) is 0 Å². The minimum absolute atomic E-state index is 0.0637. The molecule has 0 saturated carbocycles. The van der Waals surface area contributed by atoms with Gasteiger partial charge in [-0.3, -0.25) is 4.79 Å². The molecule has 0 aliphatic rings. The summed E-state index contributed by atoms with van der Waals surface area (Å²) in [6.45, 7) is 1.44. The van der Waals surface area contributed by atoms with Crippen molar-refractivity contribution in [3.05, 3.63) is 28.8 Å². The lowest BCUT2D eigenvalue weighted by atomic mass is 10.2. The molecule has 5 N–H and O–H groups in total. The van der Waals surface area contributed by atoms with Crippen LogP contribution in [0.15, 0.2) is 18.2 Å². The van der Waals surface area contributed by atoms with Crippen LogP contribution in [-0.2, 0) is 4.79 Å². The van der Waals surface area contributed by atoms with E-state index < -0.39 is 23.9 Å². The number of nitrogens with one attached hydrogen (secondary N) is 2. The summed E-state index contributed by atoms with van der Waals surface area (Å²) in [5.74, 6) is -1.73. The molecule has 1 rings (SSSR count). The van der Waals surface area contributed by atoms with E-state index in [9.17, 15) is 14.4 Å². The van der Waals surface area contributed by atoms with Gasteiger partial charge in [0.25, 0.3) is 0 Å². The first-order valence-electron chi connectivity index (χ1n) is 5.21. The molecule has 0 aromatic heterocycles. The number of aromatic carboxylic acids is 1. The van der Waals surface area contributed by atoms with Crippen molar-refractivity contribution in [2.24, 2.45) is 5.73 Å². The van der Waals surface area contributed by atoms with Gasteiger partial charge in [-0.05, 0) is 25.1 Å². The molecule has 0 bridgehead atoms. The second kappa shape index (κ2) is 6.05. The highest BCUT2D eigenvalue weighted by molar-refractivity contribution is 6.33. The third-order valence-electron chi connectivity index (χ3n) is 2.22. The van der Waals surface area contributed by atoms with Gasteiger partial charge in [-0.25, -0.2) is 9.59 Å². The topological polar surface area (TPSA) is 122 Å². The number of rotatable bonds is 4. The fourth-order valence-corrected chi connectivity index (χ4v) is 1.49. The predicted molar refractivity (Wildman–Crippen MR) is 69.2 cm³/mol. The van der Waals surface area contributed by atoms with E-state index in [4.69, 9.17) is 22.4 Å². The molecule has 0 aliphatic heterocycles. The van der Waals surface area contributed by atoms with Crippen molar-refractivity contribution in [1.82, 2.24) is 5.32 Å². The summed E-state index contributed by atoms with van der Waals surface area (Å²) < 4.78 is 0. The van der Waals surface area contributed by atoms with Gasteiger partial charge < -0.3 is 21.5 Å². The number of anilines is 1. The molecule has 1 aromatic carbocycles. The lowest BCUT2D eigenvalue weighted by Gasteiger charge is -2.13. The summed E-state index contributed by atoms with van der Waals surface area (Å²) in [7, 11) is 0. The molecule has 1 unspecified atom stereocenters. The molecule has 8 heteroatoms. The third kappa shape index (κ3) is 4.14. The molecule has 0 saturated heterocycles. The Morgan fingerprint density at radius 3 is 2.53 bits per heavy atom. The van der Waals surface area contributed by atoms with Gasteiger partial charge in [0.1, 0.15) is 6.04 Å². The van der Waals surface area contributed by atoms with E-state index in [1.165, 1.54) is 25.1 Å². The number of halogens is 1. The summed E-state index contributed by atoms with van der Waals surface area (Å²) >= 11 is 5.69. The lowest BCUT2D eigenvalue weighted by molar-refractivity contribution is -0.117. The number of hydrogen-bond acceptors (Lipinski definition) is 3. The molecular formula is C11H12ClN3O4. The average Bonchev–Trinajstić information content (AvgIpc) is 2.30. The van der Waals surface area contributed by atoms with Crippen LogP contribution in [0.5, 0.6) is 0 Å². The summed E-state index contributed by atoms with van der Waals surface area (Å²) in [4.78, 5) is 33.1. The zero-order valence-electron chi connectivity index (χ0n) is 9.94. The Bertz CT molecular complexity index is 533. The van der Waals surface area contributed by atoms with Crippen LogP contribution in [0.25, 0.3) is 0 Å². The fraction of sp³-hybridized carbons (Fsp3) is 0.182. The summed E-state index contributed by atoms with van der Waals surface area (Å²) in [5.41, 5.74) is 5.01. The Hall–Kier alpha value is -2.28. The minimum atomic E-state index is -1.20. The maximum Gasteiger partial charge on any atom is 0.337 e. The second-order valence-electron chi connectivity index (χ2n) is 3.72. The number of nitrogens with two attached hydrogens (primary N) is 1. The molecule has 0 heterocycles. The number of carboxylic acid groups (broad SMARTS) is 1. The molecule has 7 nitrogen and oxygen atoms in total. The summed E-state index contributed by atoms with van der Waals surface area (Å²) in [5, 5.41) is 13.6. The van der Waals surface area contributed by atoms with Crippen molar-refractivity contribution in [1.29, 1.82) is 0 Å². The first-order valence-corrected chi connectivity index (χ1v) is 5.58. The molecular weight excluding hydrogens is 274 g/mol. The van der Waals surface area contributed by atoms with E-state index in [0.717, 1.165) is 0 Å². The Balaban J connectivity index is 2.83. The highest BCUT2D eigenvalue weighted by Crippen LogP contribution is 2.20. The highest BCUT2D eigenvalue weighted by Gasteiger charge is 2.15. The molecule has 19 heavy (non-hydrogen) atoms. The van der Waals surface area contributed by atoms with Crippen LogP contribution in [-0.4, -0.2) is 29.1 Å². The number of primary amides is 1. The molecule has 102 valence electrons. The van der Waals surface area contributed by atoms with E-state index in [-0.39, 0.29) is 16.3 Å². The van der Waals surface area contributed by atoms with Gasteiger partial charge in [-0.1, -0.05) is 11.6 Å². The van der Waals surface area contributed by atoms with Gasteiger partial charge in [0.05, 0.1) is 10.6 Å². The zero-order valence-corrected chi connectivity index (χ0v) is 10.7. The van der Waals surface area contributed by atoms with Crippen molar-refractivity contribution in [2.75, 3.05) is 5.32 Å². The lowest BCUT2D eigenvalue weighted by Crippen LogP contribution is -2.44. The Morgan fingerprint density at radius 2 is 2.00 bits per heavy atom. The van der Waals surface area contributed by atoms with Crippen LogP contribution in [0.3, 0.4) is 0 Å². The quantitative estimate of drug-likeness (QED) is 0.660. The van der Waals surface area contributed by atoms with Crippen LogP contribution >= 0.6 is 11.6 Å². The van der Waals surface area contributed by atoms with E-state index in [1.54, 1.807) is 0 Å². The van der Waals surface area contributed by atoms with Crippen molar-refractivity contribution in [3.63, 3.8) is 0 Å². The van der Waals surface area contributed by atoms with Crippen molar-refractivity contribution < 1.29 is 19.5 Å². The SMILES string of the molecule is CC(NC(N)=O)C(=O)Nc1ccc(Cl)c(C(=O)O)c1. The standard InChI is InChI=1S/C11H12ClN3O4/c1-5(14-11(13)19)9(16)15-6-2-3-8(12)7(4-6)10(17)18/h2-5H,1H3,(H,15,16)(H,17,18)(H3,13,14,19). The van der Waals surface area contributed by atoms with Crippen LogP contribution in [0.4, 0.5) is 10.5 Å². The molecule has 0 radical (unpaired) electrons. The van der Waals surface area contributed by atoms with Crippen LogP contribution in [0.2, 0.25) is 5.02 Å². The van der Waals surface area contributed by atoms with Crippen molar-refractivity contribution >= 4 is 35.2 Å². The number of carbonyl (C=O) groups is 3. The zero-order chi connectivity index (χ0) is 14.6. The van der Waals surface area contributed by atoms with Crippen LogP contribution in [0, 0.1) is 0 Å². The van der Waals surface area contributed by atoms with Crippen molar-refractivity contribution in [2.45, 2.75) is 13.0 Å². The fourth-order valence-electron chi connectivity index (χ4n) is 1.30. The Morgan fingerprint density at radius 1 is 1.37 bits per heavy atom. The van der Waals surface area contributed by atoms with Gasteiger partial charge in [0.15, 0.2) is 0 Å². The summed E-state index contributed by atoms with van der Waals surface area (Å²) in [6.07, 6.45) is 0. The van der Waals surface area contributed by atoms with Gasteiger partial charge in [0, 0.05) is 5.69 Å². The van der Waals surface area contributed by atoms with E-state index in [1.807, 2.05) is 0 Å². The summed E-state index contributed by atoms with van der Waals surface area (Å²) in [6, 6.07) is 2.35. The predicted octanol–water partition coefficient (Wildman–Crippen LogP) is 1.03. The monoisotopic (exact) mass is 285 g/mol. The molecule has 1 atom stereocenters. The van der Waals surface area contributed by atoms with Crippen LogP contribution in [0.1, 0.15) is 17.3 Å².